The summed E-state index contributed by atoms with van der Waals surface area (Å²) in [6, 6.07) is 57.2. The van der Waals surface area contributed by atoms with E-state index in [-0.39, 0.29) is 0 Å². The molecule has 1 aliphatic rings. The van der Waals surface area contributed by atoms with E-state index in [4.69, 9.17) is 0 Å². The smallest absolute Gasteiger partial charge is 0.0715 e. The molecule has 0 saturated heterocycles. The molecule has 0 unspecified atom stereocenters. The second-order valence-electron chi connectivity index (χ2n) is 20.7. The van der Waals surface area contributed by atoms with E-state index in [0.717, 1.165) is 35.6 Å². The number of aryl methyl sites for hydroxylation is 12. The van der Waals surface area contributed by atoms with Crippen LogP contribution in [0.5, 0.6) is 0 Å². The Morgan fingerprint density at radius 2 is 0.652 bits per heavy atom. The summed E-state index contributed by atoms with van der Waals surface area (Å²) in [4.78, 5) is 5.07. The lowest BCUT2D eigenvalue weighted by Crippen LogP contribution is -2.30. The maximum absolute atomic E-state index is 2.55. The lowest BCUT2D eigenvalue weighted by molar-refractivity contribution is 0.763. The van der Waals surface area contributed by atoms with Gasteiger partial charge in [-0.15, -0.1) is 0 Å². The summed E-state index contributed by atoms with van der Waals surface area (Å²) in [6.07, 6.45) is 6.96. The van der Waals surface area contributed by atoms with Crippen LogP contribution in [0.25, 0.3) is 11.1 Å². The van der Waals surface area contributed by atoms with Crippen molar-refractivity contribution in [3.63, 3.8) is 0 Å². The third-order valence-corrected chi connectivity index (χ3v) is 14.7. The van der Waals surface area contributed by atoms with Gasteiger partial charge in [-0.25, -0.2) is 0 Å². The SMILES string of the molecule is CCCCc1cc(C)c(N(c2ccc(C)cc2)c2ccc3c(c2)C(c2cc(C)cc(C)c2)(c2cc(C)cc(C)c2)c2cc(N(c4ccc(C)cc4)c4c(C)cc(CCCC)cc4C)ccc2-3)c(C)c1. The van der Waals surface area contributed by atoms with Crippen LogP contribution >= 0.6 is 0 Å². The summed E-state index contributed by atoms with van der Waals surface area (Å²) in [6.45, 7) is 27.2. The van der Waals surface area contributed by atoms with Gasteiger partial charge in [0.2, 0.25) is 0 Å². The second kappa shape index (κ2) is 19.4. The topological polar surface area (TPSA) is 6.48 Å². The van der Waals surface area contributed by atoms with Crippen LogP contribution in [-0.2, 0) is 18.3 Å². The fourth-order valence-corrected chi connectivity index (χ4v) is 11.8. The van der Waals surface area contributed by atoms with Gasteiger partial charge in [-0.2, -0.15) is 0 Å². The Balaban J connectivity index is 1.36. The standard InChI is InChI=1S/C67H72N2/c1-13-15-17-53-37-49(9)65(50(10)38-53)68(57-23-19-43(3)20-24-57)59-27-29-61-62-30-28-60(69(58-25-21-44(4)22-26-58)66-51(11)39-54(18-16-14-2)40-52(66)12)42-64(62)67(63(61)41-59,55-33-45(5)31-46(6)34-55)56-35-47(7)32-48(8)36-56/h19-42H,13-18H2,1-12H3. The summed E-state index contributed by atoms with van der Waals surface area (Å²) in [5.41, 5.74) is 29.8. The van der Waals surface area contributed by atoms with Gasteiger partial charge in [-0.3, -0.25) is 0 Å². The van der Waals surface area contributed by atoms with Crippen molar-refractivity contribution in [3.05, 3.63) is 235 Å². The maximum Gasteiger partial charge on any atom is 0.0715 e. The van der Waals surface area contributed by atoms with Gasteiger partial charge < -0.3 is 9.80 Å². The minimum atomic E-state index is -0.648. The molecule has 0 fully saturated rings. The number of hydrogen-bond donors (Lipinski definition) is 0. The number of rotatable bonds is 14. The number of nitrogens with zero attached hydrogens (tertiary/aromatic N) is 2. The average Bonchev–Trinajstić information content (AvgIpc) is 3.60. The largest absolute Gasteiger partial charge is 0.310 e. The normalized spacial score (nSPS) is 12.5. The van der Waals surface area contributed by atoms with Gasteiger partial charge in [-0.05, 0) is 210 Å². The van der Waals surface area contributed by atoms with E-state index < -0.39 is 5.41 Å². The van der Waals surface area contributed by atoms with E-state index in [1.165, 1.54) is 137 Å². The average molecular weight is 905 g/mol. The molecule has 0 N–H and O–H groups in total. The van der Waals surface area contributed by atoms with Gasteiger partial charge >= 0.3 is 0 Å². The lowest BCUT2D eigenvalue weighted by Gasteiger charge is -2.37. The molecule has 0 amide bonds. The van der Waals surface area contributed by atoms with Crippen LogP contribution in [0.3, 0.4) is 0 Å². The molecule has 8 aromatic carbocycles. The number of hydrogen-bond acceptors (Lipinski definition) is 2. The van der Waals surface area contributed by atoms with Crippen LogP contribution < -0.4 is 9.80 Å². The van der Waals surface area contributed by atoms with Crippen molar-refractivity contribution in [1.29, 1.82) is 0 Å². The molecule has 2 nitrogen and oxygen atoms in total. The highest BCUT2D eigenvalue weighted by molar-refractivity contribution is 5.93. The van der Waals surface area contributed by atoms with Crippen LogP contribution in [-0.4, -0.2) is 0 Å². The highest BCUT2D eigenvalue weighted by Gasteiger charge is 2.47. The third-order valence-electron chi connectivity index (χ3n) is 14.7. The van der Waals surface area contributed by atoms with Crippen LogP contribution in [0.15, 0.2) is 146 Å². The van der Waals surface area contributed by atoms with Crippen LogP contribution in [0.2, 0.25) is 0 Å². The summed E-state index contributed by atoms with van der Waals surface area (Å²) < 4.78 is 0. The number of fused-ring (bicyclic) bond motifs is 3. The zero-order valence-corrected chi connectivity index (χ0v) is 43.5. The number of unbranched alkanes of at least 4 members (excludes halogenated alkanes) is 2. The quantitative estimate of drug-likeness (QED) is 0.107. The van der Waals surface area contributed by atoms with E-state index in [0.29, 0.717) is 0 Å². The van der Waals surface area contributed by atoms with E-state index in [1.807, 2.05) is 0 Å². The fourth-order valence-electron chi connectivity index (χ4n) is 11.8. The van der Waals surface area contributed by atoms with Gasteiger partial charge in [0.05, 0.1) is 16.8 Å². The molecule has 0 spiro atoms. The van der Waals surface area contributed by atoms with Crippen LogP contribution in [0, 0.1) is 69.2 Å². The minimum Gasteiger partial charge on any atom is -0.310 e. The zero-order chi connectivity index (χ0) is 48.7. The zero-order valence-electron chi connectivity index (χ0n) is 43.5. The molecule has 0 aliphatic heterocycles. The first-order chi connectivity index (χ1) is 33.2. The molecule has 1 aliphatic carbocycles. The molecule has 0 saturated carbocycles. The molecular formula is C67H72N2. The Morgan fingerprint density at radius 3 is 0.971 bits per heavy atom. The van der Waals surface area contributed by atoms with Gasteiger partial charge in [0.15, 0.2) is 0 Å². The molecule has 0 radical (unpaired) electrons. The molecular weight excluding hydrogens is 833 g/mol. The number of benzene rings is 8. The Labute approximate surface area is 414 Å². The molecule has 0 atom stereocenters. The van der Waals surface area contributed by atoms with Crippen molar-refractivity contribution in [2.24, 2.45) is 0 Å². The van der Waals surface area contributed by atoms with Gasteiger partial charge in [-0.1, -0.05) is 157 Å². The summed E-state index contributed by atoms with van der Waals surface area (Å²) in [5, 5.41) is 0. The molecule has 0 aromatic heterocycles. The van der Waals surface area contributed by atoms with E-state index >= 15 is 0 Å². The van der Waals surface area contributed by atoms with Crippen molar-refractivity contribution < 1.29 is 0 Å². The Hall–Kier alpha value is -6.64. The fraction of sp³-hybridized carbons (Fsp3) is 0.284. The van der Waals surface area contributed by atoms with Crippen molar-refractivity contribution in [1.82, 2.24) is 0 Å². The molecule has 8 aromatic rings. The Bertz CT molecular complexity index is 2880. The van der Waals surface area contributed by atoms with Crippen LogP contribution in [0.4, 0.5) is 34.1 Å². The first-order valence-corrected chi connectivity index (χ1v) is 25.6. The summed E-state index contributed by atoms with van der Waals surface area (Å²) in [5.74, 6) is 0. The molecule has 9 rings (SSSR count). The molecule has 2 heteroatoms. The molecule has 350 valence electrons. The summed E-state index contributed by atoms with van der Waals surface area (Å²) in [7, 11) is 0. The number of anilines is 6. The molecule has 0 bridgehead atoms. The molecule has 0 heterocycles. The van der Waals surface area contributed by atoms with Gasteiger partial charge in [0.25, 0.3) is 0 Å². The highest BCUT2D eigenvalue weighted by atomic mass is 15.2. The Kier molecular flexibility index (Phi) is 13.3. The summed E-state index contributed by atoms with van der Waals surface area (Å²) >= 11 is 0. The highest BCUT2D eigenvalue weighted by Crippen LogP contribution is 2.59. The third kappa shape index (κ3) is 8.96. The van der Waals surface area contributed by atoms with E-state index in [9.17, 15) is 0 Å². The van der Waals surface area contributed by atoms with Crippen LogP contribution in [0.1, 0.15) is 129 Å². The predicted octanol–water partition coefficient (Wildman–Crippen LogP) is 18.8. The minimum absolute atomic E-state index is 0.648. The van der Waals surface area contributed by atoms with Crippen molar-refractivity contribution in [2.75, 3.05) is 9.80 Å². The maximum atomic E-state index is 2.55. The molecule has 69 heavy (non-hydrogen) atoms. The lowest BCUT2D eigenvalue weighted by atomic mass is 9.66. The second-order valence-corrected chi connectivity index (χ2v) is 20.7. The van der Waals surface area contributed by atoms with Crippen molar-refractivity contribution in [2.45, 2.75) is 127 Å². The Morgan fingerprint density at radius 1 is 0.333 bits per heavy atom. The first-order valence-electron chi connectivity index (χ1n) is 25.6. The predicted molar refractivity (Wildman–Crippen MR) is 298 cm³/mol. The van der Waals surface area contributed by atoms with Crippen molar-refractivity contribution >= 4 is 34.1 Å². The van der Waals surface area contributed by atoms with E-state index in [1.54, 1.807) is 0 Å². The first kappa shape index (κ1) is 47.4. The van der Waals surface area contributed by atoms with Crippen molar-refractivity contribution in [3.8, 4) is 11.1 Å². The monoisotopic (exact) mass is 905 g/mol. The van der Waals surface area contributed by atoms with E-state index in [2.05, 4.69) is 238 Å². The van der Waals surface area contributed by atoms with Gasteiger partial charge in [0, 0.05) is 22.7 Å². The van der Waals surface area contributed by atoms with Gasteiger partial charge in [0.1, 0.15) is 0 Å².